The molecule has 258 valence electrons. The third-order valence-corrected chi connectivity index (χ3v) is 10.0. The number of carbonyl (C=O) groups excluding carboxylic acids is 2. The van der Waals surface area contributed by atoms with Gasteiger partial charge in [-0.1, -0.05) is 49.4 Å². The number of halogens is 1. The molecule has 12 heteroatoms. The first kappa shape index (κ1) is 35.2. The Morgan fingerprint density at radius 3 is 2.29 bits per heavy atom. The minimum Gasteiger partial charge on any atom is -0.497 e. The van der Waals surface area contributed by atoms with Gasteiger partial charge in [0, 0.05) is 25.1 Å². The predicted octanol–water partition coefficient (Wildman–Crippen LogP) is 5.36. The van der Waals surface area contributed by atoms with Gasteiger partial charge in [0.25, 0.3) is 10.0 Å². The van der Waals surface area contributed by atoms with E-state index in [1.54, 1.807) is 24.3 Å². The number of anilines is 1. The van der Waals surface area contributed by atoms with Gasteiger partial charge in [-0.3, -0.25) is 13.9 Å². The second-order valence-corrected chi connectivity index (χ2v) is 13.6. The van der Waals surface area contributed by atoms with E-state index >= 15 is 0 Å². The van der Waals surface area contributed by atoms with Crippen molar-refractivity contribution in [3.05, 3.63) is 114 Å². The van der Waals surface area contributed by atoms with Crippen LogP contribution in [0, 0.1) is 5.82 Å². The van der Waals surface area contributed by atoms with Crippen LogP contribution in [-0.2, 0) is 32.6 Å². The average molecular weight is 690 g/mol. The van der Waals surface area contributed by atoms with Crippen LogP contribution >= 0.6 is 0 Å². The van der Waals surface area contributed by atoms with Crippen molar-refractivity contribution >= 4 is 27.5 Å². The van der Waals surface area contributed by atoms with Crippen LogP contribution in [0.2, 0.25) is 0 Å². The van der Waals surface area contributed by atoms with Gasteiger partial charge in [-0.25, -0.2) is 12.8 Å². The lowest BCUT2D eigenvalue weighted by molar-refractivity contribution is -0.140. The summed E-state index contributed by atoms with van der Waals surface area (Å²) >= 11 is 0. The topological polar surface area (TPSA) is 114 Å². The fourth-order valence-corrected chi connectivity index (χ4v) is 6.84. The van der Waals surface area contributed by atoms with E-state index in [1.165, 1.54) is 42.3 Å². The van der Waals surface area contributed by atoms with Crippen LogP contribution in [0.15, 0.2) is 102 Å². The average Bonchev–Trinajstić information content (AvgIpc) is 3.12. The molecule has 10 nitrogen and oxygen atoms in total. The standard InChI is InChI=1S/C37H40FN3O7S/c1-4-26(2)39-37(43)33(22-27-9-6-5-7-10-27)40(24-28-11-8-12-31(21-28)46-3)36(42)25-41(30-15-13-29(38)14-16-30)49(44,45)32-17-18-34-35(23-32)48-20-19-47-34/h5-18,21,23,26,33H,4,19-20,22,24-25H2,1-3H3,(H,39,43). The van der Waals surface area contributed by atoms with Crippen LogP contribution in [0.1, 0.15) is 31.4 Å². The highest BCUT2D eigenvalue weighted by Gasteiger charge is 2.35. The summed E-state index contributed by atoms with van der Waals surface area (Å²) < 4.78 is 60.3. The van der Waals surface area contributed by atoms with Crippen LogP contribution in [0.5, 0.6) is 17.2 Å². The molecule has 0 aromatic heterocycles. The van der Waals surface area contributed by atoms with Crippen LogP contribution in [0.25, 0.3) is 0 Å². The maximum Gasteiger partial charge on any atom is 0.264 e. The maximum absolute atomic E-state index is 14.6. The molecule has 5 rings (SSSR count). The van der Waals surface area contributed by atoms with Crippen molar-refractivity contribution in [1.29, 1.82) is 0 Å². The Balaban J connectivity index is 1.58. The number of nitrogens with zero attached hydrogens (tertiary/aromatic N) is 2. The molecule has 0 saturated carbocycles. The SMILES string of the molecule is CCC(C)NC(=O)C(Cc1ccccc1)N(Cc1cccc(OC)c1)C(=O)CN(c1ccc(F)cc1)S(=O)(=O)c1ccc2c(c1)OCCO2. The zero-order chi connectivity index (χ0) is 35.0. The molecule has 0 aliphatic carbocycles. The van der Waals surface area contributed by atoms with Gasteiger partial charge in [0.1, 0.15) is 37.4 Å². The van der Waals surface area contributed by atoms with Crippen molar-refractivity contribution in [2.45, 2.75) is 50.2 Å². The number of fused-ring (bicyclic) bond motifs is 1. The molecule has 1 aliphatic heterocycles. The van der Waals surface area contributed by atoms with Crippen LogP contribution in [0.4, 0.5) is 10.1 Å². The summed E-state index contributed by atoms with van der Waals surface area (Å²) in [5.74, 6) is -0.387. The largest absolute Gasteiger partial charge is 0.497 e. The Hall–Kier alpha value is -5.10. The zero-order valence-corrected chi connectivity index (χ0v) is 28.5. The molecule has 0 bridgehead atoms. The number of carbonyl (C=O) groups is 2. The molecule has 2 amide bonds. The van der Waals surface area contributed by atoms with Gasteiger partial charge in [0.2, 0.25) is 11.8 Å². The molecule has 0 saturated heterocycles. The van der Waals surface area contributed by atoms with E-state index in [0.29, 0.717) is 30.1 Å². The van der Waals surface area contributed by atoms with Crippen molar-refractivity contribution in [3.63, 3.8) is 0 Å². The minimum absolute atomic E-state index is 0.0250. The Morgan fingerprint density at radius 2 is 1.59 bits per heavy atom. The molecule has 4 aromatic rings. The van der Waals surface area contributed by atoms with E-state index in [4.69, 9.17) is 14.2 Å². The molecule has 1 heterocycles. The summed E-state index contributed by atoms with van der Waals surface area (Å²) in [6.45, 7) is 3.68. The van der Waals surface area contributed by atoms with Gasteiger partial charge < -0.3 is 24.4 Å². The number of sulfonamides is 1. The number of hydrogen-bond donors (Lipinski definition) is 1. The van der Waals surface area contributed by atoms with Crippen LogP contribution in [-0.4, -0.2) is 64.1 Å². The first-order valence-corrected chi connectivity index (χ1v) is 17.5. The third-order valence-electron chi connectivity index (χ3n) is 8.25. The first-order valence-electron chi connectivity index (χ1n) is 16.0. The summed E-state index contributed by atoms with van der Waals surface area (Å²) in [7, 11) is -2.90. The van der Waals surface area contributed by atoms with Crippen molar-refractivity contribution in [1.82, 2.24) is 10.2 Å². The van der Waals surface area contributed by atoms with Gasteiger partial charge in [-0.15, -0.1) is 0 Å². The molecule has 49 heavy (non-hydrogen) atoms. The van der Waals surface area contributed by atoms with Crippen molar-refractivity contribution in [2.24, 2.45) is 0 Å². The summed E-state index contributed by atoms with van der Waals surface area (Å²) in [6, 6.07) is 24.3. The summed E-state index contributed by atoms with van der Waals surface area (Å²) in [6.07, 6.45) is 0.837. The molecule has 1 aliphatic rings. The van der Waals surface area contributed by atoms with Gasteiger partial charge in [0.05, 0.1) is 17.7 Å². The Labute approximate surface area is 286 Å². The number of amides is 2. The van der Waals surface area contributed by atoms with Crippen molar-refractivity contribution in [3.8, 4) is 17.2 Å². The third kappa shape index (κ3) is 8.69. The summed E-state index contributed by atoms with van der Waals surface area (Å²) in [4.78, 5) is 29.9. The van der Waals surface area contributed by atoms with Crippen molar-refractivity contribution < 1.29 is 36.6 Å². The molecular formula is C37H40FN3O7S. The summed E-state index contributed by atoms with van der Waals surface area (Å²) in [5, 5.41) is 3.01. The van der Waals surface area contributed by atoms with Crippen molar-refractivity contribution in [2.75, 3.05) is 31.2 Å². The predicted molar refractivity (Wildman–Crippen MR) is 184 cm³/mol. The number of rotatable bonds is 14. The van der Waals surface area contributed by atoms with Gasteiger partial charge in [-0.2, -0.15) is 0 Å². The molecule has 2 unspecified atom stereocenters. The van der Waals surface area contributed by atoms with E-state index in [9.17, 15) is 22.4 Å². The molecule has 0 fully saturated rings. The highest BCUT2D eigenvalue weighted by atomic mass is 32.2. The smallest absolute Gasteiger partial charge is 0.264 e. The van der Waals surface area contributed by atoms with Crippen LogP contribution in [0.3, 0.4) is 0 Å². The summed E-state index contributed by atoms with van der Waals surface area (Å²) in [5.41, 5.74) is 1.55. The quantitative estimate of drug-likeness (QED) is 0.190. The number of methoxy groups -OCH3 is 1. The molecule has 4 aromatic carbocycles. The molecule has 2 atom stereocenters. The lowest BCUT2D eigenvalue weighted by atomic mass is 10.0. The molecule has 0 spiro atoms. The second kappa shape index (κ2) is 15.9. The monoisotopic (exact) mass is 689 g/mol. The zero-order valence-electron chi connectivity index (χ0n) is 27.7. The number of benzene rings is 4. The second-order valence-electron chi connectivity index (χ2n) is 11.7. The first-order chi connectivity index (χ1) is 23.6. The molecular weight excluding hydrogens is 649 g/mol. The van der Waals surface area contributed by atoms with Gasteiger partial charge >= 0.3 is 0 Å². The van der Waals surface area contributed by atoms with Gasteiger partial charge in [0.15, 0.2) is 11.5 Å². The van der Waals surface area contributed by atoms with E-state index in [2.05, 4.69) is 5.32 Å². The fraction of sp³-hybridized carbons (Fsp3) is 0.297. The Morgan fingerprint density at radius 1 is 0.898 bits per heavy atom. The van der Waals surface area contributed by atoms with E-state index in [1.807, 2.05) is 44.2 Å². The van der Waals surface area contributed by atoms with E-state index in [-0.39, 0.29) is 47.9 Å². The fourth-order valence-electron chi connectivity index (χ4n) is 5.41. The van der Waals surface area contributed by atoms with Crippen LogP contribution < -0.4 is 23.8 Å². The Bertz CT molecular complexity index is 1860. The maximum atomic E-state index is 14.6. The lowest BCUT2D eigenvalue weighted by Crippen LogP contribution is -2.54. The lowest BCUT2D eigenvalue weighted by Gasteiger charge is -2.34. The van der Waals surface area contributed by atoms with E-state index < -0.39 is 34.3 Å². The number of nitrogens with one attached hydrogen (secondary N) is 1. The Kier molecular flexibility index (Phi) is 11.4. The molecule has 0 radical (unpaired) electrons. The normalized spacial score (nSPS) is 13.6. The highest BCUT2D eigenvalue weighted by molar-refractivity contribution is 7.92. The molecule has 1 N–H and O–H groups in total. The van der Waals surface area contributed by atoms with E-state index in [0.717, 1.165) is 22.0 Å². The number of hydrogen-bond acceptors (Lipinski definition) is 7. The number of ether oxygens (including phenoxy) is 3. The minimum atomic E-state index is -4.43. The highest BCUT2D eigenvalue weighted by Crippen LogP contribution is 2.34. The van der Waals surface area contributed by atoms with Gasteiger partial charge in [-0.05, 0) is 73.0 Å².